The maximum Gasteiger partial charge on any atom is 0.410 e. The molecule has 2 rings (SSSR count). The molecule has 24 heavy (non-hydrogen) atoms. The summed E-state index contributed by atoms with van der Waals surface area (Å²) in [5.74, 6) is 0.273. The van der Waals surface area contributed by atoms with E-state index in [1.165, 1.54) is 0 Å². The number of hydrogen-bond acceptors (Lipinski definition) is 3. The molecule has 1 amide bonds. The zero-order chi connectivity index (χ0) is 17.6. The highest BCUT2D eigenvalue weighted by Gasteiger charge is 2.24. The predicted molar refractivity (Wildman–Crippen MR) is 97.3 cm³/mol. The van der Waals surface area contributed by atoms with Crippen LogP contribution in [0.15, 0.2) is 34.7 Å². The van der Waals surface area contributed by atoms with Crippen molar-refractivity contribution in [3.63, 3.8) is 0 Å². The van der Waals surface area contributed by atoms with Crippen LogP contribution in [0.3, 0.4) is 0 Å². The van der Waals surface area contributed by atoms with Crippen LogP contribution in [0.5, 0.6) is 0 Å². The second-order valence-corrected chi connectivity index (χ2v) is 8.91. The topological polar surface area (TPSA) is 59.0 Å². The van der Waals surface area contributed by atoms with E-state index in [2.05, 4.69) is 4.40 Å². The van der Waals surface area contributed by atoms with Crippen molar-refractivity contribution in [3.8, 4) is 0 Å². The largest absolute Gasteiger partial charge is 0.445 e. The molecule has 132 valence electrons. The second kappa shape index (κ2) is 8.42. The zero-order valence-electron chi connectivity index (χ0n) is 14.6. The molecule has 1 unspecified atom stereocenters. The number of nitrogens with zero attached hydrogens (tertiary/aromatic N) is 2. The highest BCUT2D eigenvalue weighted by atomic mass is 32.2. The first-order chi connectivity index (χ1) is 11.4. The van der Waals surface area contributed by atoms with Crippen LogP contribution in [0.1, 0.15) is 39.2 Å². The molecule has 0 aromatic heterocycles. The first-order valence-electron chi connectivity index (χ1n) is 8.28. The molecule has 1 atom stereocenters. The van der Waals surface area contributed by atoms with Gasteiger partial charge in [-0.25, -0.2) is 9.00 Å². The molecule has 1 aliphatic heterocycles. The molecule has 0 bridgehead atoms. The molecule has 5 nitrogen and oxygen atoms in total. The summed E-state index contributed by atoms with van der Waals surface area (Å²) in [6.45, 7) is 7.31. The van der Waals surface area contributed by atoms with Gasteiger partial charge in [-0.05, 0) is 45.1 Å². The Balaban J connectivity index is 1.75. The van der Waals surface area contributed by atoms with E-state index in [0.29, 0.717) is 19.7 Å². The van der Waals surface area contributed by atoms with Crippen LogP contribution in [-0.2, 0) is 22.3 Å². The summed E-state index contributed by atoms with van der Waals surface area (Å²) in [6.07, 6.45) is 3.18. The van der Waals surface area contributed by atoms with Crippen LogP contribution in [-0.4, -0.2) is 39.3 Å². The van der Waals surface area contributed by atoms with Crippen molar-refractivity contribution >= 4 is 23.3 Å². The van der Waals surface area contributed by atoms with E-state index in [-0.39, 0.29) is 16.8 Å². The van der Waals surface area contributed by atoms with Crippen LogP contribution < -0.4 is 0 Å². The van der Waals surface area contributed by atoms with Crippen molar-refractivity contribution in [1.82, 2.24) is 4.90 Å². The Kier molecular flexibility index (Phi) is 6.54. The molecule has 0 N–H and O–H groups in total. The molecule has 0 aliphatic carbocycles. The van der Waals surface area contributed by atoms with Crippen LogP contribution in [0.4, 0.5) is 4.79 Å². The lowest BCUT2D eigenvalue weighted by Crippen LogP contribution is -2.39. The van der Waals surface area contributed by atoms with Crippen LogP contribution >= 0.6 is 0 Å². The van der Waals surface area contributed by atoms with Gasteiger partial charge < -0.3 is 9.64 Å². The zero-order valence-corrected chi connectivity index (χ0v) is 15.4. The number of ether oxygens (including phenoxy) is 1. The summed E-state index contributed by atoms with van der Waals surface area (Å²) in [6, 6.07) is 9.66. The Bertz CT molecular complexity index is 588. The highest BCUT2D eigenvalue weighted by molar-refractivity contribution is 7.85. The summed E-state index contributed by atoms with van der Waals surface area (Å²) in [5, 5.41) is 0. The van der Waals surface area contributed by atoms with Gasteiger partial charge in [-0.3, -0.25) is 0 Å². The molecule has 0 radical (unpaired) electrons. The minimum Gasteiger partial charge on any atom is -0.445 e. The number of benzene rings is 1. The fourth-order valence-corrected chi connectivity index (χ4v) is 2.94. The van der Waals surface area contributed by atoms with Gasteiger partial charge in [0.1, 0.15) is 17.6 Å². The lowest BCUT2D eigenvalue weighted by molar-refractivity contribution is 0.0867. The van der Waals surface area contributed by atoms with Gasteiger partial charge >= 0.3 is 6.09 Å². The molecule has 1 fully saturated rings. The third-order valence-corrected chi connectivity index (χ3v) is 5.26. The molecule has 1 aliphatic rings. The van der Waals surface area contributed by atoms with Crippen molar-refractivity contribution in [2.45, 2.75) is 45.0 Å². The van der Waals surface area contributed by atoms with Gasteiger partial charge in [0.05, 0.1) is 4.75 Å². The summed E-state index contributed by atoms with van der Waals surface area (Å²) in [5.41, 5.74) is 0.984. The number of piperidine rings is 1. The molecule has 0 spiro atoms. The fraction of sp³-hybridized carbons (Fsp3) is 0.556. The third-order valence-electron chi connectivity index (χ3n) is 3.89. The van der Waals surface area contributed by atoms with Gasteiger partial charge in [-0.1, -0.05) is 30.3 Å². The first kappa shape index (κ1) is 18.6. The van der Waals surface area contributed by atoms with Gasteiger partial charge in [0, 0.05) is 19.3 Å². The van der Waals surface area contributed by atoms with Gasteiger partial charge in [0.15, 0.2) is 0 Å². The fourth-order valence-electron chi connectivity index (χ4n) is 2.34. The van der Waals surface area contributed by atoms with E-state index in [1.807, 2.05) is 51.1 Å². The number of rotatable bonds is 4. The minimum atomic E-state index is -1.22. The number of carbonyl (C=O) groups excluding carboxylic acids is 1. The van der Waals surface area contributed by atoms with E-state index in [0.717, 1.165) is 18.4 Å². The summed E-state index contributed by atoms with van der Waals surface area (Å²) in [7, 11) is -1.22. The third kappa shape index (κ3) is 5.74. The SMILES string of the molecule is CC(C)(C)S(=O)N=CC1CCN(C(=O)OCc2ccccc2)CC1. The van der Waals surface area contributed by atoms with Gasteiger partial charge in [0.2, 0.25) is 0 Å². The van der Waals surface area contributed by atoms with Gasteiger partial charge in [0.25, 0.3) is 0 Å². The van der Waals surface area contributed by atoms with Crippen molar-refractivity contribution in [2.75, 3.05) is 13.1 Å². The maximum absolute atomic E-state index is 12.1. The molecule has 0 saturated carbocycles. The lowest BCUT2D eigenvalue weighted by Gasteiger charge is -2.29. The van der Waals surface area contributed by atoms with Crippen molar-refractivity contribution in [2.24, 2.45) is 10.3 Å². The molecule has 1 aromatic rings. The van der Waals surface area contributed by atoms with E-state index in [1.54, 1.807) is 11.1 Å². The van der Waals surface area contributed by atoms with E-state index in [4.69, 9.17) is 4.74 Å². The number of hydrogen-bond donors (Lipinski definition) is 0. The Labute approximate surface area is 146 Å². The van der Waals surface area contributed by atoms with E-state index >= 15 is 0 Å². The van der Waals surface area contributed by atoms with Gasteiger partial charge in [-0.15, -0.1) is 0 Å². The Hall–Kier alpha value is -1.69. The Morgan fingerprint density at radius 2 is 1.92 bits per heavy atom. The summed E-state index contributed by atoms with van der Waals surface area (Å²) < 4.78 is 21.1. The molecular weight excluding hydrogens is 324 g/mol. The highest BCUT2D eigenvalue weighted by Crippen LogP contribution is 2.18. The van der Waals surface area contributed by atoms with E-state index < -0.39 is 11.0 Å². The first-order valence-corrected chi connectivity index (χ1v) is 9.39. The number of carbonyl (C=O) groups is 1. The van der Waals surface area contributed by atoms with Crippen molar-refractivity contribution in [1.29, 1.82) is 0 Å². The monoisotopic (exact) mass is 350 g/mol. The van der Waals surface area contributed by atoms with Crippen LogP contribution in [0, 0.1) is 5.92 Å². The van der Waals surface area contributed by atoms with Crippen molar-refractivity contribution in [3.05, 3.63) is 35.9 Å². The number of amides is 1. The van der Waals surface area contributed by atoms with Crippen molar-refractivity contribution < 1.29 is 13.7 Å². The summed E-state index contributed by atoms with van der Waals surface area (Å²) in [4.78, 5) is 13.8. The maximum atomic E-state index is 12.1. The standard InChI is InChI=1S/C18H26N2O3S/c1-18(2,3)24(22)19-13-15-9-11-20(12-10-15)17(21)23-14-16-7-5-4-6-8-16/h4-8,13,15H,9-12,14H2,1-3H3. The quantitative estimate of drug-likeness (QED) is 0.780. The molecule has 6 heteroatoms. The summed E-state index contributed by atoms with van der Waals surface area (Å²) >= 11 is 0. The smallest absolute Gasteiger partial charge is 0.410 e. The van der Waals surface area contributed by atoms with Gasteiger partial charge in [-0.2, -0.15) is 4.40 Å². The molecular formula is C18H26N2O3S. The average Bonchev–Trinajstić information content (AvgIpc) is 2.58. The average molecular weight is 350 g/mol. The minimum absolute atomic E-state index is 0.271. The molecule has 1 aromatic carbocycles. The lowest BCUT2D eigenvalue weighted by atomic mass is 9.99. The van der Waals surface area contributed by atoms with Crippen LogP contribution in [0.25, 0.3) is 0 Å². The van der Waals surface area contributed by atoms with E-state index in [9.17, 15) is 9.00 Å². The molecule has 1 heterocycles. The Morgan fingerprint density at radius 1 is 1.29 bits per heavy atom. The second-order valence-electron chi connectivity index (χ2n) is 6.98. The predicted octanol–water partition coefficient (Wildman–Crippen LogP) is 3.57. The Morgan fingerprint density at radius 3 is 2.50 bits per heavy atom. The number of likely N-dealkylation sites (tertiary alicyclic amines) is 1. The van der Waals surface area contributed by atoms with Crippen LogP contribution in [0.2, 0.25) is 0 Å². The normalized spacial score (nSPS) is 17.9. The molecule has 1 saturated heterocycles.